The third-order valence-electron chi connectivity index (χ3n) is 3.42. The number of nitrogens with one attached hydrogen (secondary N) is 2. The van der Waals surface area contributed by atoms with E-state index in [1.165, 1.54) is 4.88 Å². The van der Waals surface area contributed by atoms with Gasteiger partial charge in [-0.05, 0) is 24.8 Å². The summed E-state index contributed by atoms with van der Waals surface area (Å²) in [6.45, 7) is 5.28. The summed E-state index contributed by atoms with van der Waals surface area (Å²) in [5, 5.41) is 17.1. The molecule has 3 heterocycles. The maximum atomic E-state index is 4.61. The van der Waals surface area contributed by atoms with Crippen molar-refractivity contribution in [1.82, 2.24) is 25.4 Å². The van der Waals surface area contributed by atoms with Gasteiger partial charge in [0, 0.05) is 24.4 Å². The SMILES string of the molecule is CCNC(=NCc1nnc2n1CCC2)NCc1cccs1. The standard InChI is InChI=1S/C14H20N6S/c1-2-15-14(16-9-11-5-4-8-21-11)17-10-13-19-18-12-6-3-7-20(12)13/h4-5,8H,2-3,6-7,9-10H2,1H3,(H2,15,16,17). The summed E-state index contributed by atoms with van der Waals surface area (Å²) >= 11 is 1.74. The molecule has 2 aromatic heterocycles. The van der Waals surface area contributed by atoms with Gasteiger partial charge in [-0.25, -0.2) is 4.99 Å². The quantitative estimate of drug-likeness (QED) is 0.649. The van der Waals surface area contributed by atoms with Crippen LogP contribution in [0.2, 0.25) is 0 Å². The molecule has 0 saturated carbocycles. The van der Waals surface area contributed by atoms with Gasteiger partial charge in [-0.2, -0.15) is 0 Å². The third kappa shape index (κ3) is 3.41. The third-order valence-corrected chi connectivity index (χ3v) is 4.30. The number of rotatable bonds is 5. The smallest absolute Gasteiger partial charge is 0.191 e. The number of hydrogen-bond donors (Lipinski definition) is 2. The number of aromatic nitrogens is 3. The lowest BCUT2D eigenvalue weighted by molar-refractivity contribution is 0.684. The fraction of sp³-hybridized carbons (Fsp3) is 0.500. The predicted molar refractivity (Wildman–Crippen MR) is 84.3 cm³/mol. The minimum atomic E-state index is 0.562. The van der Waals surface area contributed by atoms with Gasteiger partial charge >= 0.3 is 0 Å². The average Bonchev–Trinajstić information content (AvgIpc) is 3.19. The van der Waals surface area contributed by atoms with Crippen LogP contribution in [-0.4, -0.2) is 27.3 Å². The van der Waals surface area contributed by atoms with E-state index >= 15 is 0 Å². The second-order valence-electron chi connectivity index (χ2n) is 4.92. The number of thiophene rings is 1. The van der Waals surface area contributed by atoms with Gasteiger partial charge in [0.25, 0.3) is 0 Å². The Morgan fingerprint density at radius 3 is 3.19 bits per heavy atom. The summed E-state index contributed by atoms with van der Waals surface area (Å²) < 4.78 is 2.19. The molecule has 0 saturated heterocycles. The zero-order valence-electron chi connectivity index (χ0n) is 12.2. The molecule has 2 N–H and O–H groups in total. The van der Waals surface area contributed by atoms with Gasteiger partial charge in [0.1, 0.15) is 12.4 Å². The van der Waals surface area contributed by atoms with Gasteiger partial charge in [0.15, 0.2) is 11.8 Å². The van der Waals surface area contributed by atoms with E-state index in [0.717, 1.165) is 50.1 Å². The lowest BCUT2D eigenvalue weighted by atomic mass is 10.4. The van der Waals surface area contributed by atoms with Gasteiger partial charge in [-0.3, -0.25) is 0 Å². The number of guanidine groups is 1. The summed E-state index contributed by atoms with van der Waals surface area (Å²) in [4.78, 5) is 5.90. The molecule has 21 heavy (non-hydrogen) atoms. The summed E-state index contributed by atoms with van der Waals surface area (Å²) in [7, 11) is 0. The van der Waals surface area contributed by atoms with E-state index in [4.69, 9.17) is 0 Å². The molecule has 0 amide bonds. The maximum absolute atomic E-state index is 4.61. The Kier molecular flexibility index (Phi) is 4.49. The van der Waals surface area contributed by atoms with Crippen molar-refractivity contribution < 1.29 is 0 Å². The molecular weight excluding hydrogens is 284 g/mol. The molecule has 0 spiro atoms. The molecule has 1 aliphatic heterocycles. The normalized spacial score (nSPS) is 14.2. The first-order chi connectivity index (χ1) is 10.4. The minimum Gasteiger partial charge on any atom is -0.357 e. The van der Waals surface area contributed by atoms with Crippen LogP contribution in [0.15, 0.2) is 22.5 Å². The topological polar surface area (TPSA) is 67.1 Å². The van der Waals surface area contributed by atoms with Crippen molar-refractivity contribution in [3.05, 3.63) is 34.0 Å². The zero-order valence-corrected chi connectivity index (χ0v) is 13.0. The van der Waals surface area contributed by atoms with Crippen LogP contribution in [0.3, 0.4) is 0 Å². The van der Waals surface area contributed by atoms with Crippen LogP contribution >= 0.6 is 11.3 Å². The molecule has 0 bridgehead atoms. The van der Waals surface area contributed by atoms with Crippen molar-refractivity contribution in [3.63, 3.8) is 0 Å². The monoisotopic (exact) mass is 304 g/mol. The fourth-order valence-corrected chi connectivity index (χ4v) is 3.05. The van der Waals surface area contributed by atoms with Crippen LogP contribution < -0.4 is 10.6 Å². The van der Waals surface area contributed by atoms with Crippen molar-refractivity contribution in [2.45, 2.75) is 39.4 Å². The summed E-state index contributed by atoms with van der Waals surface area (Å²) in [6.07, 6.45) is 2.20. The van der Waals surface area contributed by atoms with E-state index in [9.17, 15) is 0 Å². The Balaban J connectivity index is 1.62. The Hall–Kier alpha value is -1.89. The first kappa shape index (κ1) is 14.1. The van der Waals surface area contributed by atoms with Gasteiger partial charge < -0.3 is 15.2 Å². The van der Waals surface area contributed by atoms with Crippen LogP contribution in [-0.2, 0) is 26.1 Å². The Morgan fingerprint density at radius 2 is 2.38 bits per heavy atom. The predicted octanol–water partition coefficient (Wildman–Crippen LogP) is 1.54. The number of hydrogen-bond acceptors (Lipinski definition) is 4. The zero-order chi connectivity index (χ0) is 14.5. The Bertz CT molecular complexity index is 601. The molecule has 0 unspecified atom stereocenters. The highest BCUT2D eigenvalue weighted by atomic mass is 32.1. The first-order valence-electron chi connectivity index (χ1n) is 7.32. The van der Waals surface area contributed by atoms with E-state index in [1.807, 2.05) is 0 Å². The Labute approximate surface area is 128 Å². The van der Waals surface area contributed by atoms with Crippen LogP contribution in [0.5, 0.6) is 0 Å². The summed E-state index contributed by atoms with van der Waals surface area (Å²) in [5.74, 6) is 2.87. The van der Waals surface area contributed by atoms with Gasteiger partial charge in [0.05, 0.1) is 6.54 Å². The second kappa shape index (κ2) is 6.71. The van der Waals surface area contributed by atoms with Crippen molar-refractivity contribution in [2.24, 2.45) is 4.99 Å². The largest absolute Gasteiger partial charge is 0.357 e. The van der Waals surface area contributed by atoms with Crippen molar-refractivity contribution in [1.29, 1.82) is 0 Å². The van der Waals surface area contributed by atoms with E-state index < -0.39 is 0 Å². The molecule has 112 valence electrons. The molecule has 2 aromatic rings. The van der Waals surface area contributed by atoms with Gasteiger partial charge in [-0.1, -0.05) is 6.07 Å². The molecule has 0 atom stereocenters. The minimum absolute atomic E-state index is 0.562. The highest BCUT2D eigenvalue weighted by Crippen LogP contribution is 2.14. The summed E-state index contributed by atoms with van der Waals surface area (Å²) in [5.41, 5.74) is 0. The van der Waals surface area contributed by atoms with E-state index in [2.05, 4.69) is 54.8 Å². The van der Waals surface area contributed by atoms with Crippen LogP contribution in [0, 0.1) is 0 Å². The van der Waals surface area contributed by atoms with Crippen molar-refractivity contribution >= 4 is 17.3 Å². The average molecular weight is 304 g/mol. The van der Waals surface area contributed by atoms with Crippen molar-refractivity contribution in [3.8, 4) is 0 Å². The number of nitrogens with zero attached hydrogens (tertiary/aromatic N) is 4. The van der Waals surface area contributed by atoms with Gasteiger partial charge in [-0.15, -0.1) is 21.5 Å². The molecule has 3 rings (SSSR count). The van der Waals surface area contributed by atoms with Crippen molar-refractivity contribution in [2.75, 3.05) is 6.54 Å². The second-order valence-corrected chi connectivity index (χ2v) is 5.95. The van der Waals surface area contributed by atoms with Crippen LogP contribution in [0.1, 0.15) is 29.9 Å². The molecule has 7 heteroatoms. The number of aryl methyl sites for hydroxylation is 1. The number of aliphatic imine (C=N–C) groups is 1. The van der Waals surface area contributed by atoms with Gasteiger partial charge in [0.2, 0.25) is 0 Å². The number of fused-ring (bicyclic) bond motifs is 1. The molecule has 6 nitrogen and oxygen atoms in total. The van der Waals surface area contributed by atoms with E-state index in [1.54, 1.807) is 11.3 Å². The highest BCUT2D eigenvalue weighted by molar-refractivity contribution is 7.09. The lowest BCUT2D eigenvalue weighted by Crippen LogP contribution is -2.36. The molecule has 0 aromatic carbocycles. The molecule has 0 fully saturated rings. The first-order valence-corrected chi connectivity index (χ1v) is 8.20. The van der Waals surface area contributed by atoms with E-state index in [0.29, 0.717) is 6.54 Å². The van der Waals surface area contributed by atoms with E-state index in [-0.39, 0.29) is 0 Å². The maximum Gasteiger partial charge on any atom is 0.191 e. The Morgan fingerprint density at radius 1 is 1.43 bits per heavy atom. The molecular formula is C14H20N6S. The highest BCUT2D eigenvalue weighted by Gasteiger charge is 2.16. The molecule has 0 radical (unpaired) electrons. The summed E-state index contributed by atoms with van der Waals surface area (Å²) in [6, 6.07) is 4.18. The van der Waals surface area contributed by atoms with Crippen LogP contribution in [0.25, 0.3) is 0 Å². The fourth-order valence-electron chi connectivity index (χ4n) is 2.40. The molecule has 1 aliphatic rings. The molecule has 0 aliphatic carbocycles. The lowest BCUT2D eigenvalue weighted by Gasteiger charge is -2.10. The van der Waals surface area contributed by atoms with Crippen LogP contribution in [0.4, 0.5) is 0 Å².